The number of nitrogens with one attached hydrogen (secondary N) is 2. The van der Waals surface area contributed by atoms with Crippen molar-refractivity contribution in [1.82, 2.24) is 5.32 Å². The second-order valence-corrected chi connectivity index (χ2v) is 5.57. The van der Waals surface area contributed by atoms with Gasteiger partial charge in [0.15, 0.2) is 11.5 Å². The number of hydrogen-bond donors (Lipinski definition) is 2. The van der Waals surface area contributed by atoms with Crippen LogP contribution >= 0.6 is 0 Å². The Morgan fingerprint density at radius 3 is 2.50 bits per heavy atom. The third-order valence-electron chi connectivity index (χ3n) is 3.58. The van der Waals surface area contributed by atoms with Crippen molar-refractivity contribution in [1.29, 1.82) is 0 Å². The summed E-state index contributed by atoms with van der Waals surface area (Å²) < 4.78 is 72.1. The fourth-order valence-corrected chi connectivity index (χ4v) is 2.27. The van der Waals surface area contributed by atoms with E-state index in [-0.39, 0.29) is 30.3 Å². The predicted octanol–water partition coefficient (Wildman–Crippen LogP) is 4.04. The topological polar surface area (TPSA) is 59.6 Å². The first-order chi connectivity index (χ1) is 13.2. The fourth-order valence-electron chi connectivity index (χ4n) is 2.27. The highest BCUT2D eigenvalue weighted by molar-refractivity contribution is 5.80. The molecule has 0 fully saturated rings. The van der Waals surface area contributed by atoms with E-state index >= 15 is 0 Å². The SMILES string of the molecule is COc1ccc(CNC(=O)CNc2cccc(C(F)(F)F)c2)cc1OC(F)F. The number of halogens is 5. The molecule has 0 saturated heterocycles. The minimum atomic E-state index is -4.48. The van der Waals surface area contributed by atoms with Gasteiger partial charge < -0.3 is 20.1 Å². The van der Waals surface area contributed by atoms with E-state index in [0.717, 1.165) is 12.1 Å². The van der Waals surface area contributed by atoms with Crippen molar-refractivity contribution in [2.75, 3.05) is 19.0 Å². The molecule has 1 amide bonds. The smallest absolute Gasteiger partial charge is 0.416 e. The van der Waals surface area contributed by atoms with Gasteiger partial charge in [-0.3, -0.25) is 4.79 Å². The quantitative estimate of drug-likeness (QED) is 0.652. The first-order valence-corrected chi connectivity index (χ1v) is 7.98. The van der Waals surface area contributed by atoms with E-state index in [1.807, 2.05) is 0 Å². The first kappa shape index (κ1) is 21.3. The number of carbonyl (C=O) groups is 1. The zero-order chi connectivity index (χ0) is 20.7. The van der Waals surface area contributed by atoms with Crippen LogP contribution in [0, 0.1) is 0 Å². The van der Waals surface area contributed by atoms with Crippen molar-refractivity contribution >= 4 is 11.6 Å². The summed E-state index contributed by atoms with van der Waals surface area (Å²) in [6.45, 7) is -3.29. The molecule has 0 radical (unpaired) electrons. The number of ether oxygens (including phenoxy) is 2. The Labute approximate surface area is 157 Å². The number of anilines is 1. The van der Waals surface area contributed by atoms with E-state index in [4.69, 9.17) is 4.74 Å². The number of benzene rings is 2. The second kappa shape index (κ2) is 9.25. The summed E-state index contributed by atoms with van der Waals surface area (Å²) in [5.74, 6) is -0.558. The van der Waals surface area contributed by atoms with Crippen LogP contribution in [0.1, 0.15) is 11.1 Å². The Kier molecular flexibility index (Phi) is 7.02. The minimum Gasteiger partial charge on any atom is -0.493 e. The van der Waals surface area contributed by atoms with Crippen LogP contribution in [0.4, 0.5) is 27.6 Å². The summed E-state index contributed by atoms with van der Waals surface area (Å²) in [7, 11) is 1.30. The van der Waals surface area contributed by atoms with Gasteiger partial charge in [-0.1, -0.05) is 12.1 Å². The minimum absolute atomic E-state index is 0.00664. The summed E-state index contributed by atoms with van der Waals surface area (Å²) in [5.41, 5.74) is -0.214. The highest BCUT2D eigenvalue weighted by Crippen LogP contribution is 2.31. The van der Waals surface area contributed by atoms with E-state index < -0.39 is 24.3 Å². The van der Waals surface area contributed by atoms with Crippen LogP contribution in [0.25, 0.3) is 0 Å². The van der Waals surface area contributed by atoms with Gasteiger partial charge in [0.1, 0.15) is 0 Å². The summed E-state index contributed by atoms with van der Waals surface area (Å²) in [6.07, 6.45) is -4.48. The van der Waals surface area contributed by atoms with Crippen LogP contribution in [0.2, 0.25) is 0 Å². The molecule has 0 aromatic heterocycles. The summed E-state index contributed by atoms with van der Waals surface area (Å²) in [5, 5.41) is 5.12. The lowest BCUT2D eigenvalue weighted by Crippen LogP contribution is -2.29. The number of amides is 1. The van der Waals surface area contributed by atoms with Gasteiger partial charge in [-0.15, -0.1) is 0 Å². The fraction of sp³-hybridized carbons (Fsp3) is 0.278. The number of alkyl halides is 5. The normalized spacial score (nSPS) is 11.2. The van der Waals surface area contributed by atoms with Gasteiger partial charge in [0.05, 0.1) is 19.2 Å². The van der Waals surface area contributed by atoms with Crippen molar-refractivity contribution < 1.29 is 36.2 Å². The lowest BCUT2D eigenvalue weighted by Gasteiger charge is -2.13. The Morgan fingerprint density at radius 2 is 1.86 bits per heavy atom. The van der Waals surface area contributed by atoms with Gasteiger partial charge in [-0.05, 0) is 35.9 Å². The van der Waals surface area contributed by atoms with Gasteiger partial charge in [0, 0.05) is 12.2 Å². The molecule has 0 bridgehead atoms. The zero-order valence-corrected chi connectivity index (χ0v) is 14.6. The largest absolute Gasteiger partial charge is 0.493 e. The molecule has 0 aliphatic heterocycles. The second-order valence-electron chi connectivity index (χ2n) is 5.57. The molecule has 0 unspecified atom stereocenters. The maximum absolute atomic E-state index is 12.7. The molecule has 0 atom stereocenters. The molecule has 0 spiro atoms. The Hall–Kier alpha value is -3.04. The van der Waals surface area contributed by atoms with Crippen LogP contribution in [0.3, 0.4) is 0 Å². The molecule has 5 nitrogen and oxygen atoms in total. The standard InChI is InChI=1S/C18H17F5N2O3/c1-27-14-6-5-11(7-15(14)28-17(19)20)9-25-16(26)10-24-13-4-2-3-12(8-13)18(21,22)23/h2-8,17,24H,9-10H2,1H3,(H,25,26). The number of rotatable bonds is 8. The Bertz CT molecular complexity index is 812. The third kappa shape index (κ3) is 6.29. The monoisotopic (exact) mass is 404 g/mol. The van der Waals surface area contributed by atoms with Crippen LogP contribution in [0.15, 0.2) is 42.5 Å². The number of hydrogen-bond acceptors (Lipinski definition) is 4. The first-order valence-electron chi connectivity index (χ1n) is 7.98. The lowest BCUT2D eigenvalue weighted by atomic mass is 10.2. The van der Waals surface area contributed by atoms with Crippen LogP contribution in [-0.2, 0) is 17.5 Å². The summed E-state index contributed by atoms with van der Waals surface area (Å²) in [4.78, 5) is 11.9. The number of carbonyl (C=O) groups excluding carboxylic acids is 1. The average molecular weight is 404 g/mol. The summed E-state index contributed by atoms with van der Waals surface area (Å²) in [6, 6.07) is 8.72. The molecule has 2 N–H and O–H groups in total. The van der Waals surface area contributed by atoms with Gasteiger partial charge in [0.25, 0.3) is 0 Å². The molecule has 2 aromatic rings. The highest BCUT2D eigenvalue weighted by Gasteiger charge is 2.30. The lowest BCUT2D eigenvalue weighted by molar-refractivity contribution is -0.137. The third-order valence-corrected chi connectivity index (χ3v) is 3.58. The van der Waals surface area contributed by atoms with E-state index in [1.165, 1.54) is 31.4 Å². The summed E-state index contributed by atoms with van der Waals surface area (Å²) >= 11 is 0. The molecule has 28 heavy (non-hydrogen) atoms. The number of methoxy groups -OCH3 is 1. The molecule has 0 saturated carbocycles. The molecule has 152 valence electrons. The predicted molar refractivity (Wildman–Crippen MR) is 91.4 cm³/mol. The molecule has 2 aromatic carbocycles. The maximum atomic E-state index is 12.7. The maximum Gasteiger partial charge on any atom is 0.416 e. The van der Waals surface area contributed by atoms with Gasteiger partial charge >= 0.3 is 12.8 Å². The zero-order valence-electron chi connectivity index (χ0n) is 14.6. The van der Waals surface area contributed by atoms with Crippen molar-refractivity contribution in [3.05, 3.63) is 53.6 Å². The molecular formula is C18H17F5N2O3. The average Bonchev–Trinajstić information content (AvgIpc) is 2.64. The Morgan fingerprint density at radius 1 is 1.11 bits per heavy atom. The van der Waals surface area contributed by atoms with Gasteiger partial charge in [0.2, 0.25) is 5.91 Å². The molecule has 0 heterocycles. The Balaban J connectivity index is 1.91. The highest BCUT2D eigenvalue weighted by atomic mass is 19.4. The van der Waals surface area contributed by atoms with Crippen molar-refractivity contribution in [3.8, 4) is 11.5 Å². The van der Waals surface area contributed by atoms with Crippen LogP contribution in [0.5, 0.6) is 11.5 Å². The molecule has 2 rings (SSSR count). The van der Waals surface area contributed by atoms with Crippen LogP contribution in [-0.4, -0.2) is 26.2 Å². The molecule has 10 heteroatoms. The van der Waals surface area contributed by atoms with Gasteiger partial charge in [-0.2, -0.15) is 22.0 Å². The molecule has 0 aliphatic carbocycles. The van der Waals surface area contributed by atoms with Gasteiger partial charge in [-0.25, -0.2) is 0 Å². The molecule has 0 aliphatic rings. The van der Waals surface area contributed by atoms with Crippen molar-refractivity contribution in [2.45, 2.75) is 19.3 Å². The van der Waals surface area contributed by atoms with E-state index in [9.17, 15) is 26.7 Å². The molecular weight excluding hydrogens is 387 g/mol. The van der Waals surface area contributed by atoms with E-state index in [0.29, 0.717) is 5.56 Å². The van der Waals surface area contributed by atoms with E-state index in [2.05, 4.69) is 15.4 Å². The van der Waals surface area contributed by atoms with Crippen molar-refractivity contribution in [2.24, 2.45) is 0 Å². The van der Waals surface area contributed by atoms with Crippen molar-refractivity contribution in [3.63, 3.8) is 0 Å². The van der Waals surface area contributed by atoms with E-state index in [1.54, 1.807) is 6.07 Å². The van der Waals surface area contributed by atoms with Crippen LogP contribution < -0.4 is 20.1 Å².